The fraction of sp³-hybridized carbons (Fsp3) is 0.286. The van der Waals surface area contributed by atoms with Gasteiger partial charge in [-0.05, 0) is 17.0 Å². The molecule has 0 spiro atoms. The second-order valence-corrected chi connectivity index (χ2v) is 9.04. The number of fused-ring (bicyclic) bond motifs is 1. The Bertz CT molecular complexity index is 1020. The predicted octanol–water partition coefficient (Wildman–Crippen LogP) is 2.18. The first-order valence-electron chi connectivity index (χ1n) is 9.43. The van der Waals surface area contributed by atoms with Crippen LogP contribution < -0.4 is 5.32 Å². The van der Waals surface area contributed by atoms with Crippen molar-refractivity contribution >= 4 is 40.9 Å². The number of β-lactam (4-membered cyclic amide) rings is 1. The molecule has 0 radical (unpaired) electrons. The molecule has 4 rings (SSSR count). The lowest BCUT2D eigenvalue weighted by Crippen LogP contribution is -2.80. The zero-order valence-corrected chi connectivity index (χ0v) is 18.2. The first-order valence-corrected chi connectivity index (χ1v) is 11.4. The highest BCUT2D eigenvalue weighted by atomic mass is 32.2. The molecule has 8 nitrogen and oxygen atoms in total. The Morgan fingerprint density at radius 1 is 1.26 bits per heavy atom. The van der Waals surface area contributed by atoms with Crippen molar-refractivity contribution in [1.29, 1.82) is 0 Å². The largest absolute Gasteiger partial charge is 0.509 e. The van der Waals surface area contributed by atoms with Crippen LogP contribution in [0.3, 0.4) is 0 Å². The van der Waals surface area contributed by atoms with E-state index in [4.69, 9.17) is 9.47 Å². The summed E-state index contributed by atoms with van der Waals surface area (Å²) in [5.41, 5.74) is -1.05. The molecule has 0 saturated carbocycles. The van der Waals surface area contributed by atoms with Gasteiger partial charge in [-0.2, -0.15) is 0 Å². The third kappa shape index (κ3) is 3.93. The molecule has 31 heavy (non-hydrogen) atoms. The molecule has 2 aliphatic rings. The maximum atomic E-state index is 13.0. The molecule has 2 aromatic rings. The van der Waals surface area contributed by atoms with E-state index in [1.54, 1.807) is 12.1 Å². The van der Waals surface area contributed by atoms with Crippen LogP contribution in [0.15, 0.2) is 59.3 Å². The summed E-state index contributed by atoms with van der Waals surface area (Å²) in [7, 11) is 1.33. The summed E-state index contributed by atoms with van der Waals surface area (Å²) in [5, 5.41) is 14.1. The third-order valence-corrected chi connectivity index (χ3v) is 7.15. The average molecular weight is 461 g/mol. The van der Waals surface area contributed by atoms with E-state index < -0.39 is 23.0 Å². The number of carbonyl (C=O) groups is 3. The molecule has 0 bridgehead atoms. The van der Waals surface area contributed by atoms with Crippen molar-refractivity contribution in [2.45, 2.75) is 24.1 Å². The van der Waals surface area contributed by atoms with Crippen LogP contribution in [0.5, 0.6) is 0 Å². The van der Waals surface area contributed by atoms with Crippen molar-refractivity contribution in [1.82, 2.24) is 10.2 Å². The molecular formula is C21H20N2O6S2. The number of ether oxygens (including phenoxy) is 2. The van der Waals surface area contributed by atoms with Gasteiger partial charge in [-0.1, -0.05) is 36.4 Å². The fourth-order valence-electron chi connectivity index (χ4n) is 3.47. The van der Waals surface area contributed by atoms with Gasteiger partial charge in [-0.15, -0.1) is 23.1 Å². The van der Waals surface area contributed by atoms with Gasteiger partial charge < -0.3 is 19.9 Å². The van der Waals surface area contributed by atoms with E-state index in [1.807, 2.05) is 35.7 Å². The van der Waals surface area contributed by atoms with E-state index in [-0.39, 0.29) is 36.1 Å². The first-order chi connectivity index (χ1) is 15.0. The zero-order valence-electron chi connectivity index (χ0n) is 16.6. The van der Waals surface area contributed by atoms with Crippen LogP contribution in [0.4, 0.5) is 0 Å². The van der Waals surface area contributed by atoms with E-state index >= 15 is 0 Å². The Balaban J connectivity index is 1.48. The van der Waals surface area contributed by atoms with Gasteiger partial charge in [0.25, 0.3) is 11.6 Å². The number of benzene rings is 1. The average Bonchev–Trinajstić information content (AvgIpc) is 3.29. The summed E-state index contributed by atoms with van der Waals surface area (Å²) in [5.74, 6) is -1.98. The molecule has 1 aromatic carbocycles. The van der Waals surface area contributed by atoms with Gasteiger partial charge in [0.15, 0.2) is 5.70 Å². The number of thioether (sulfide) groups is 1. The molecule has 1 unspecified atom stereocenters. The number of nitrogens with one attached hydrogen (secondary N) is 1. The molecule has 1 fully saturated rings. The van der Waals surface area contributed by atoms with Crippen molar-refractivity contribution in [3.63, 3.8) is 0 Å². The second kappa shape index (κ2) is 8.74. The molecule has 10 heteroatoms. The third-order valence-electron chi connectivity index (χ3n) is 4.98. The predicted molar refractivity (Wildman–Crippen MR) is 115 cm³/mol. The van der Waals surface area contributed by atoms with Gasteiger partial charge in [0.05, 0.1) is 12.2 Å². The molecule has 2 atom stereocenters. The van der Waals surface area contributed by atoms with E-state index in [1.165, 1.54) is 30.2 Å². The summed E-state index contributed by atoms with van der Waals surface area (Å²) >= 11 is 2.63. The lowest BCUT2D eigenvalue weighted by Gasteiger charge is -2.55. The Hall–Kier alpha value is -2.82. The van der Waals surface area contributed by atoms with E-state index in [9.17, 15) is 19.5 Å². The highest BCUT2D eigenvalue weighted by molar-refractivity contribution is 8.00. The molecule has 2 N–H and O–H groups in total. The van der Waals surface area contributed by atoms with E-state index in [0.717, 1.165) is 15.3 Å². The second-order valence-electron chi connectivity index (χ2n) is 6.94. The summed E-state index contributed by atoms with van der Waals surface area (Å²) < 4.78 is 10.7. The van der Waals surface area contributed by atoms with E-state index in [2.05, 4.69) is 5.32 Å². The number of rotatable bonds is 7. The smallest absolute Gasteiger partial charge is 0.358 e. The van der Waals surface area contributed by atoms with Crippen LogP contribution >= 0.6 is 23.1 Å². The topological polar surface area (TPSA) is 105 Å². The van der Waals surface area contributed by atoms with Gasteiger partial charge in [0.1, 0.15) is 17.7 Å². The van der Waals surface area contributed by atoms with Gasteiger partial charge in [-0.3, -0.25) is 14.5 Å². The standard InChI is InChI=1S/C21H20N2O6S2/c1-28-21(22-16(25)10-14-8-5-9-30-14)19(27)23-17(15(24)12-31-20(21)23)18(26)29-11-13-6-3-2-4-7-13/h2-9,20,24H,10-12H2,1H3,(H,22,25)/t20-,21?/m1/s1. The van der Waals surface area contributed by atoms with Crippen molar-refractivity contribution < 1.29 is 29.0 Å². The highest BCUT2D eigenvalue weighted by Gasteiger charge is 2.67. The molecule has 162 valence electrons. The van der Waals surface area contributed by atoms with Crippen LogP contribution in [0, 0.1) is 0 Å². The Morgan fingerprint density at radius 2 is 2.03 bits per heavy atom. The van der Waals surface area contributed by atoms with Crippen molar-refractivity contribution in [3.8, 4) is 0 Å². The number of aliphatic hydroxyl groups excluding tert-OH is 1. The molecule has 1 aromatic heterocycles. The number of nitrogens with zero attached hydrogens (tertiary/aromatic N) is 1. The lowest BCUT2D eigenvalue weighted by molar-refractivity contribution is -0.193. The number of hydrogen-bond donors (Lipinski definition) is 2. The summed E-state index contributed by atoms with van der Waals surface area (Å²) in [4.78, 5) is 40.2. The molecule has 3 heterocycles. The maximum absolute atomic E-state index is 13.0. The Labute approximate surface area is 186 Å². The maximum Gasteiger partial charge on any atom is 0.358 e. The van der Waals surface area contributed by atoms with Crippen LogP contribution in [-0.2, 0) is 36.9 Å². The molecule has 1 saturated heterocycles. The number of thiophene rings is 1. The minimum atomic E-state index is -1.61. The van der Waals surface area contributed by atoms with Gasteiger partial charge >= 0.3 is 5.97 Å². The molecule has 2 aliphatic heterocycles. The minimum Gasteiger partial charge on any atom is -0.509 e. The zero-order chi connectivity index (χ0) is 22.0. The van der Waals surface area contributed by atoms with Crippen LogP contribution in [-0.4, -0.2) is 51.8 Å². The van der Waals surface area contributed by atoms with Gasteiger partial charge in [0, 0.05) is 12.0 Å². The number of esters is 1. The van der Waals surface area contributed by atoms with Crippen molar-refractivity contribution in [2.75, 3.05) is 12.9 Å². The molecule has 0 aliphatic carbocycles. The Morgan fingerprint density at radius 3 is 2.71 bits per heavy atom. The van der Waals surface area contributed by atoms with Crippen molar-refractivity contribution in [2.24, 2.45) is 0 Å². The number of methoxy groups -OCH3 is 1. The summed E-state index contributed by atoms with van der Waals surface area (Å²) in [6, 6.07) is 12.8. The highest BCUT2D eigenvalue weighted by Crippen LogP contribution is 2.46. The SMILES string of the molecule is COC1(NC(=O)Cc2cccs2)C(=O)N2C(C(=O)OCc3ccccc3)=C(O)CS[C@@H]21. The summed E-state index contributed by atoms with van der Waals surface area (Å²) in [6.45, 7) is 0.00324. The van der Waals surface area contributed by atoms with Crippen LogP contribution in [0.2, 0.25) is 0 Å². The number of carbonyl (C=O) groups excluding carboxylic acids is 3. The normalized spacial score (nSPS) is 22.5. The van der Waals surface area contributed by atoms with Crippen LogP contribution in [0.1, 0.15) is 10.4 Å². The Kier molecular flexibility index (Phi) is 6.03. The first kappa shape index (κ1) is 21.4. The van der Waals surface area contributed by atoms with Crippen molar-refractivity contribution in [3.05, 3.63) is 69.7 Å². The molecule has 2 amide bonds. The number of aliphatic hydroxyl groups is 1. The van der Waals surface area contributed by atoms with Gasteiger partial charge in [-0.25, -0.2) is 4.79 Å². The number of hydrogen-bond acceptors (Lipinski definition) is 8. The van der Waals surface area contributed by atoms with Crippen LogP contribution in [0.25, 0.3) is 0 Å². The fourth-order valence-corrected chi connectivity index (χ4v) is 5.46. The lowest BCUT2D eigenvalue weighted by atomic mass is 9.99. The minimum absolute atomic E-state index is 0.00324. The quantitative estimate of drug-likeness (QED) is 0.371. The monoisotopic (exact) mass is 460 g/mol. The van der Waals surface area contributed by atoms with E-state index in [0.29, 0.717) is 0 Å². The van der Waals surface area contributed by atoms with Gasteiger partial charge in [0.2, 0.25) is 5.91 Å². The number of amides is 2. The molecular weight excluding hydrogens is 440 g/mol. The summed E-state index contributed by atoms with van der Waals surface area (Å²) in [6.07, 6.45) is 0.112.